The Hall–Kier alpha value is -2.25. The van der Waals surface area contributed by atoms with Crippen LogP contribution >= 0.6 is 11.3 Å². The first kappa shape index (κ1) is 18.5. The molecule has 0 spiro atoms. The average Bonchev–Trinajstić information content (AvgIpc) is 2.90. The van der Waals surface area contributed by atoms with E-state index in [1.54, 1.807) is 0 Å². The molecule has 1 aliphatic heterocycles. The molecule has 3 nitrogen and oxygen atoms in total. The normalized spacial score (nSPS) is 16.8. The number of carboxylic acid groups (broad SMARTS) is 1. The van der Waals surface area contributed by atoms with E-state index >= 15 is 0 Å². The first-order valence-corrected chi connectivity index (χ1v) is 9.54. The third kappa shape index (κ3) is 3.94. The van der Waals surface area contributed by atoms with E-state index in [0.29, 0.717) is 0 Å². The van der Waals surface area contributed by atoms with E-state index in [2.05, 4.69) is 51.7 Å². The van der Waals surface area contributed by atoms with E-state index in [0.717, 1.165) is 33.1 Å². The van der Waals surface area contributed by atoms with Gasteiger partial charge in [-0.15, -0.1) is 11.3 Å². The molecule has 0 radical (unpaired) electrons. The van der Waals surface area contributed by atoms with Crippen LogP contribution in [0.3, 0.4) is 0 Å². The second-order valence-corrected chi connectivity index (χ2v) is 9.34. The van der Waals surface area contributed by atoms with Gasteiger partial charge in [0.1, 0.15) is 11.4 Å². The largest absolute Gasteiger partial charge is 0.488 e. The van der Waals surface area contributed by atoms with Gasteiger partial charge in [-0.3, -0.25) is 4.79 Å². The van der Waals surface area contributed by atoms with Gasteiger partial charge < -0.3 is 9.84 Å². The quantitative estimate of drug-likeness (QED) is 0.765. The van der Waals surface area contributed by atoms with Crippen LogP contribution in [0.4, 0.5) is 0 Å². The fraction of sp³-hybridized carbons (Fsp3) is 0.409. The van der Waals surface area contributed by atoms with E-state index in [1.165, 1.54) is 16.9 Å². The zero-order valence-electron chi connectivity index (χ0n) is 15.9. The number of hydrogen-bond donors (Lipinski definition) is 1. The van der Waals surface area contributed by atoms with Gasteiger partial charge in [0.05, 0.1) is 11.3 Å². The van der Waals surface area contributed by atoms with Gasteiger partial charge in [-0.1, -0.05) is 25.7 Å². The third-order valence-corrected chi connectivity index (χ3v) is 5.62. The summed E-state index contributed by atoms with van der Waals surface area (Å²) in [7, 11) is 0. The summed E-state index contributed by atoms with van der Waals surface area (Å²) in [6.07, 6.45) is 0.998. The van der Waals surface area contributed by atoms with E-state index in [1.807, 2.05) is 19.1 Å². The van der Waals surface area contributed by atoms with Crippen LogP contribution in [0.2, 0.25) is 0 Å². The van der Waals surface area contributed by atoms with Crippen molar-refractivity contribution in [3.05, 3.63) is 50.7 Å². The van der Waals surface area contributed by atoms with Crippen LogP contribution in [0.5, 0.6) is 5.75 Å². The number of aliphatic carboxylic acids is 1. The molecule has 0 atom stereocenters. The first-order chi connectivity index (χ1) is 12.1. The SMILES string of the molecule is Cc1cc2c(cc1C#Cc1ccc(CC(=O)O)s1)C(C)(C)CC(C)(C)O2. The fourth-order valence-electron chi connectivity index (χ4n) is 3.74. The number of hydrogen-bond acceptors (Lipinski definition) is 3. The zero-order valence-corrected chi connectivity index (χ0v) is 16.7. The van der Waals surface area contributed by atoms with Gasteiger partial charge in [0.2, 0.25) is 0 Å². The minimum Gasteiger partial charge on any atom is -0.488 e. The molecule has 1 aliphatic rings. The molecule has 1 aromatic heterocycles. The summed E-state index contributed by atoms with van der Waals surface area (Å²) >= 11 is 1.44. The Balaban J connectivity index is 1.94. The molecular weight excluding hydrogens is 344 g/mol. The molecule has 0 unspecified atom stereocenters. The highest BCUT2D eigenvalue weighted by Gasteiger charge is 2.39. The van der Waals surface area contributed by atoms with E-state index in [9.17, 15) is 4.79 Å². The fourth-order valence-corrected chi connectivity index (χ4v) is 4.59. The van der Waals surface area contributed by atoms with Crippen LogP contribution in [-0.4, -0.2) is 16.7 Å². The third-order valence-electron chi connectivity index (χ3n) is 4.62. The molecule has 0 aliphatic carbocycles. The van der Waals surface area contributed by atoms with Crippen molar-refractivity contribution < 1.29 is 14.6 Å². The van der Waals surface area contributed by atoms with Crippen LogP contribution in [0.25, 0.3) is 0 Å². The highest BCUT2D eigenvalue weighted by molar-refractivity contribution is 7.12. The number of aryl methyl sites for hydroxylation is 1. The van der Waals surface area contributed by atoms with Crippen LogP contribution in [-0.2, 0) is 16.6 Å². The molecule has 0 amide bonds. The molecule has 0 bridgehead atoms. The number of fused-ring (bicyclic) bond motifs is 1. The molecule has 1 N–H and O–H groups in total. The summed E-state index contributed by atoms with van der Waals surface area (Å²) in [6.45, 7) is 10.8. The number of carboxylic acids is 1. The minimum atomic E-state index is -0.818. The Morgan fingerprint density at radius 1 is 1.23 bits per heavy atom. The van der Waals surface area contributed by atoms with Crippen molar-refractivity contribution in [1.29, 1.82) is 0 Å². The monoisotopic (exact) mass is 368 g/mol. The summed E-state index contributed by atoms with van der Waals surface area (Å²) in [5, 5.41) is 8.88. The summed E-state index contributed by atoms with van der Waals surface area (Å²) in [5.74, 6) is 6.58. The van der Waals surface area contributed by atoms with E-state index < -0.39 is 5.97 Å². The lowest BCUT2D eigenvalue weighted by molar-refractivity contribution is -0.136. The number of thiophene rings is 1. The highest BCUT2D eigenvalue weighted by Crippen LogP contribution is 2.45. The van der Waals surface area contributed by atoms with Gasteiger partial charge in [0.15, 0.2) is 0 Å². The minimum absolute atomic E-state index is 0.0266. The summed E-state index contributed by atoms with van der Waals surface area (Å²) in [6, 6.07) is 7.96. The van der Waals surface area contributed by atoms with Crippen molar-refractivity contribution in [2.45, 2.75) is 58.5 Å². The zero-order chi connectivity index (χ0) is 19.1. The molecule has 3 rings (SSSR count). The average molecular weight is 368 g/mol. The Morgan fingerprint density at radius 2 is 1.96 bits per heavy atom. The maximum atomic E-state index is 10.8. The maximum absolute atomic E-state index is 10.8. The molecule has 26 heavy (non-hydrogen) atoms. The maximum Gasteiger partial charge on any atom is 0.308 e. The molecule has 136 valence electrons. The summed E-state index contributed by atoms with van der Waals surface area (Å²) in [5.41, 5.74) is 3.14. The van der Waals surface area contributed by atoms with Gasteiger partial charge in [0, 0.05) is 16.0 Å². The molecule has 0 saturated carbocycles. The predicted molar refractivity (Wildman–Crippen MR) is 105 cm³/mol. The number of ether oxygens (including phenoxy) is 1. The van der Waals surface area contributed by atoms with Crippen LogP contribution in [0.15, 0.2) is 24.3 Å². The Kier molecular flexibility index (Phi) is 4.62. The van der Waals surface area contributed by atoms with Gasteiger partial charge >= 0.3 is 5.97 Å². The molecule has 0 saturated heterocycles. The Labute approximate surface area is 159 Å². The predicted octanol–water partition coefficient (Wildman–Crippen LogP) is 4.92. The molecule has 2 heterocycles. The molecule has 0 fully saturated rings. The van der Waals surface area contributed by atoms with Crippen molar-refractivity contribution in [1.82, 2.24) is 0 Å². The second-order valence-electron chi connectivity index (χ2n) is 8.17. The standard InChI is InChI=1S/C22H24O3S/c1-14-10-19-18(21(2,3)13-22(4,5)25-19)11-15(14)6-7-16-8-9-17(26-16)12-20(23)24/h8-11H,12-13H2,1-5H3,(H,23,24). The molecule has 1 aromatic carbocycles. The van der Waals surface area contributed by atoms with Crippen molar-refractivity contribution in [2.24, 2.45) is 0 Å². The van der Waals surface area contributed by atoms with Gasteiger partial charge in [-0.25, -0.2) is 0 Å². The Bertz CT molecular complexity index is 923. The molecular formula is C22H24O3S. The lowest BCUT2D eigenvalue weighted by Crippen LogP contribution is -2.41. The van der Waals surface area contributed by atoms with E-state index in [-0.39, 0.29) is 17.4 Å². The topological polar surface area (TPSA) is 46.5 Å². The van der Waals surface area contributed by atoms with E-state index in [4.69, 9.17) is 9.84 Å². The van der Waals surface area contributed by atoms with Crippen LogP contribution < -0.4 is 4.74 Å². The van der Waals surface area contributed by atoms with Gasteiger partial charge in [-0.05, 0) is 62.4 Å². The van der Waals surface area contributed by atoms with Crippen LogP contribution in [0, 0.1) is 18.8 Å². The lowest BCUT2D eigenvalue weighted by Gasteiger charge is -2.42. The smallest absolute Gasteiger partial charge is 0.308 e. The van der Waals surface area contributed by atoms with Crippen molar-refractivity contribution in [3.63, 3.8) is 0 Å². The molecule has 4 heteroatoms. The highest BCUT2D eigenvalue weighted by atomic mass is 32.1. The lowest BCUT2D eigenvalue weighted by atomic mass is 9.73. The van der Waals surface area contributed by atoms with Gasteiger partial charge in [0.25, 0.3) is 0 Å². The second kappa shape index (κ2) is 6.48. The Morgan fingerprint density at radius 3 is 2.65 bits per heavy atom. The van der Waals surface area contributed by atoms with Crippen LogP contribution in [0.1, 0.15) is 60.6 Å². The van der Waals surface area contributed by atoms with Crippen molar-refractivity contribution in [3.8, 4) is 17.6 Å². The number of benzene rings is 1. The number of rotatable bonds is 2. The first-order valence-electron chi connectivity index (χ1n) is 8.72. The summed E-state index contributed by atoms with van der Waals surface area (Å²) < 4.78 is 6.19. The molecule has 2 aromatic rings. The van der Waals surface area contributed by atoms with Crippen molar-refractivity contribution in [2.75, 3.05) is 0 Å². The summed E-state index contributed by atoms with van der Waals surface area (Å²) in [4.78, 5) is 12.5. The number of carbonyl (C=O) groups is 1. The van der Waals surface area contributed by atoms with Crippen molar-refractivity contribution >= 4 is 17.3 Å². The van der Waals surface area contributed by atoms with Gasteiger partial charge in [-0.2, -0.15) is 0 Å².